The maximum atomic E-state index is 5.66. The first-order chi connectivity index (χ1) is 5.39. The molecule has 0 aliphatic carbocycles. The molecule has 0 fully saturated rings. The quantitative estimate of drug-likeness (QED) is 0.562. The van der Waals surface area contributed by atoms with Crippen LogP contribution in [0.5, 0.6) is 0 Å². The van der Waals surface area contributed by atoms with Crippen LogP contribution in [0.2, 0.25) is 0 Å². The zero-order valence-corrected chi connectivity index (χ0v) is 9.31. The van der Waals surface area contributed by atoms with Crippen LogP contribution >= 0.6 is 0 Å². The van der Waals surface area contributed by atoms with Gasteiger partial charge in [0, 0.05) is 5.41 Å². The zero-order valence-electron chi connectivity index (χ0n) is 9.31. The first-order valence-electron chi connectivity index (χ1n) is 4.87. The van der Waals surface area contributed by atoms with Gasteiger partial charge in [-0.3, -0.25) is 0 Å². The van der Waals surface area contributed by atoms with Crippen molar-refractivity contribution in [3.05, 3.63) is 0 Å². The lowest BCUT2D eigenvalue weighted by Gasteiger charge is -2.40. The van der Waals surface area contributed by atoms with Gasteiger partial charge in [-0.2, -0.15) is 0 Å². The van der Waals surface area contributed by atoms with E-state index in [0.29, 0.717) is 17.8 Å². The largest absolute Gasteiger partial charge is 0.119 e. The fourth-order valence-corrected chi connectivity index (χ4v) is 2.50. The van der Waals surface area contributed by atoms with Gasteiger partial charge < -0.3 is 0 Å². The fourth-order valence-electron chi connectivity index (χ4n) is 2.50. The summed E-state index contributed by atoms with van der Waals surface area (Å²) >= 11 is 0. The number of hydrogen-bond donors (Lipinski definition) is 0. The third-order valence-corrected chi connectivity index (χ3v) is 3.12. The van der Waals surface area contributed by atoms with Crippen LogP contribution in [0, 0.1) is 35.5 Å². The van der Waals surface area contributed by atoms with Crippen molar-refractivity contribution >= 4 is 0 Å². The second kappa shape index (κ2) is 3.99. The highest BCUT2D eigenvalue weighted by atomic mass is 14.4. The summed E-state index contributed by atoms with van der Waals surface area (Å²) in [5.41, 5.74) is 0.0694. The van der Waals surface area contributed by atoms with Crippen LogP contribution in [0.25, 0.3) is 0 Å². The van der Waals surface area contributed by atoms with Crippen molar-refractivity contribution in [2.45, 2.75) is 41.5 Å². The molecule has 0 rings (SSSR count). The van der Waals surface area contributed by atoms with Crippen molar-refractivity contribution in [3.8, 4) is 12.3 Å². The average molecular weight is 166 g/mol. The Morgan fingerprint density at radius 1 is 0.833 bits per heavy atom. The highest BCUT2D eigenvalue weighted by Crippen LogP contribution is 2.41. The van der Waals surface area contributed by atoms with E-state index >= 15 is 0 Å². The Morgan fingerprint density at radius 3 is 1.08 bits per heavy atom. The van der Waals surface area contributed by atoms with Crippen LogP contribution in [0.3, 0.4) is 0 Å². The van der Waals surface area contributed by atoms with Gasteiger partial charge >= 0.3 is 0 Å². The monoisotopic (exact) mass is 166 g/mol. The van der Waals surface area contributed by atoms with E-state index in [-0.39, 0.29) is 5.41 Å². The summed E-state index contributed by atoms with van der Waals surface area (Å²) < 4.78 is 0. The molecule has 0 heteroatoms. The Balaban J connectivity index is 4.94. The molecular formula is C12H22. The van der Waals surface area contributed by atoms with Crippen LogP contribution in [0.4, 0.5) is 0 Å². The van der Waals surface area contributed by atoms with E-state index in [0.717, 1.165) is 0 Å². The molecule has 0 amide bonds. The van der Waals surface area contributed by atoms with Crippen LogP contribution in [-0.2, 0) is 0 Å². The van der Waals surface area contributed by atoms with Gasteiger partial charge in [0.25, 0.3) is 0 Å². The predicted octanol–water partition coefficient (Wildman–Crippen LogP) is 3.57. The van der Waals surface area contributed by atoms with Gasteiger partial charge in [-0.15, -0.1) is 6.42 Å². The van der Waals surface area contributed by atoms with E-state index < -0.39 is 0 Å². The Bertz CT molecular complexity index is 145. The lowest BCUT2D eigenvalue weighted by atomic mass is 9.63. The van der Waals surface area contributed by atoms with Crippen molar-refractivity contribution in [2.75, 3.05) is 0 Å². The molecule has 0 aromatic carbocycles. The molecule has 0 aromatic rings. The molecule has 0 nitrogen and oxygen atoms in total. The molecular weight excluding hydrogens is 144 g/mol. The molecule has 0 heterocycles. The second-order valence-electron chi connectivity index (χ2n) is 4.54. The highest BCUT2D eigenvalue weighted by Gasteiger charge is 2.37. The van der Waals surface area contributed by atoms with E-state index in [1.165, 1.54) is 0 Å². The van der Waals surface area contributed by atoms with Gasteiger partial charge in [-0.25, -0.2) is 0 Å². The minimum Gasteiger partial charge on any atom is -0.119 e. The average Bonchev–Trinajstić information content (AvgIpc) is 1.86. The van der Waals surface area contributed by atoms with Crippen molar-refractivity contribution in [1.29, 1.82) is 0 Å². The van der Waals surface area contributed by atoms with Gasteiger partial charge in [0.1, 0.15) is 0 Å². The van der Waals surface area contributed by atoms with E-state index in [1.807, 2.05) is 0 Å². The van der Waals surface area contributed by atoms with Gasteiger partial charge in [0.05, 0.1) is 0 Å². The van der Waals surface area contributed by atoms with Gasteiger partial charge in [-0.05, 0) is 17.8 Å². The lowest BCUT2D eigenvalue weighted by molar-refractivity contribution is 0.123. The molecule has 0 aliphatic heterocycles. The number of rotatable bonds is 3. The maximum absolute atomic E-state index is 5.66. The molecule has 0 atom stereocenters. The van der Waals surface area contributed by atoms with E-state index in [4.69, 9.17) is 6.42 Å². The first kappa shape index (κ1) is 11.6. The van der Waals surface area contributed by atoms with Gasteiger partial charge in [0.2, 0.25) is 0 Å². The predicted molar refractivity (Wildman–Crippen MR) is 55.8 cm³/mol. The van der Waals surface area contributed by atoms with E-state index in [9.17, 15) is 0 Å². The SMILES string of the molecule is C#CC(C(C)C)(C(C)C)C(C)C. The highest BCUT2D eigenvalue weighted by molar-refractivity contribution is 5.10. The summed E-state index contributed by atoms with van der Waals surface area (Å²) in [5.74, 6) is 4.69. The van der Waals surface area contributed by atoms with E-state index in [1.54, 1.807) is 0 Å². The second-order valence-corrected chi connectivity index (χ2v) is 4.54. The normalized spacial score (nSPS) is 12.7. The van der Waals surface area contributed by atoms with Crippen molar-refractivity contribution < 1.29 is 0 Å². The Kier molecular flexibility index (Phi) is 3.84. The summed E-state index contributed by atoms with van der Waals surface area (Å²) in [6.45, 7) is 13.3. The summed E-state index contributed by atoms with van der Waals surface area (Å²) in [6.07, 6.45) is 5.66. The molecule has 0 aromatic heterocycles. The molecule has 0 spiro atoms. The topological polar surface area (TPSA) is 0 Å². The van der Waals surface area contributed by atoms with Gasteiger partial charge in [-0.1, -0.05) is 47.5 Å². The molecule has 70 valence electrons. The molecule has 0 unspecified atom stereocenters. The van der Waals surface area contributed by atoms with Gasteiger partial charge in [0.15, 0.2) is 0 Å². The lowest BCUT2D eigenvalue weighted by Crippen LogP contribution is -2.36. The molecule has 0 bridgehead atoms. The van der Waals surface area contributed by atoms with Crippen LogP contribution < -0.4 is 0 Å². The van der Waals surface area contributed by atoms with Crippen molar-refractivity contribution in [3.63, 3.8) is 0 Å². The number of hydrogen-bond acceptors (Lipinski definition) is 0. The molecule has 0 radical (unpaired) electrons. The summed E-state index contributed by atoms with van der Waals surface area (Å²) in [7, 11) is 0. The third-order valence-electron chi connectivity index (χ3n) is 3.12. The summed E-state index contributed by atoms with van der Waals surface area (Å²) in [5, 5.41) is 0. The van der Waals surface area contributed by atoms with Crippen molar-refractivity contribution in [2.24, 2.45) is 23.2 Å². The van der Waals surface area contributed by atoms with Crippen LogP contribution in [0.1, 0.15) is 41.5 Å². The Hall–Kier alpha value is -0.440. The fraction of sp³-hybridized carbons (Fsp3) is 0.833. The molecule has 0 saturated heterocycles. The molecule has 12 heavy (non-hydrogen) atoms. The maximum Gasteiger partial charge on any atom is 0.0380 e. The standard InChI is InChI=1S/C12H22/c1-8-12(9(2)3,10(4)5)11(6)7/h1,9-11H,2-7H3. The smallest absolute Gasteiger partial charge is 0.0380 e. The van der Waals surface area contributed by atoms with Crippen LogP contribution in [0.15, 0.2) is 0 Å². The summed E-state index contributed by atoms with van der Waals surface area (Å²) in [4.78, 5) is 0. The Labute approximate surface area is 77.8 Å². The van der Waals surface area contributed by atoms with Crippen molar-refractivity contribution in [1.82, 2.24) is 0 Å². The molecule has 0 aliphatic rings. The summed E-state index contributed by atoms with van der Waals surface area (Å²) in [6, 6.07) is 0. The minimum atomic E-state index is 0.0694. The first-order valence-corrected chi connectivity index (χ1v) is 4.87. The Morgan fingerprint density at radius 2 is 1.08 bits per heavy atom. The number of terminal acetylenes is 1. The third kappa shape index (κ3) is 1.66. The molecule has 0 N–H and O–H groups in total. The van der Waals surface area contributed by atoms with E-state index in [2.05, 4.69) is 47.5 Å². The molecule has 0 saturated carbocycles. The van der Waals surface area contributed by atoms with Crippen LogP contribution in [-0.4, -0.2) is 0 Å². The zero-order chi connectivity index (χ0) is 9.94. The minimum absolute atomic E-state index is 0.0694.